The minimum atomic E-state index is -0.450. The van der Waals surface area contributed by atoms with Gasteiger partial charge >= 0.3 is 5.97 Å². The average Bonchev–Trinajstić information content (AvgIpc) is 3.38. The molecule has 0 saturated heterocycles. The summed E-state index contributed by atoms with van der Waals surface area (Å²) in [6, 6.07) is 24.9. The highest BCUT2D eigenvalue weighted by Crippen LogP contribution is 2.16. The van der Waals surface area contributed by atoms with Crippen LogP contribution >= 0.6 is 0 Å². The molecule has 0 fully saturated rings. The number of hydrogen-bond donors (Lipinski definition) is 2. The number of nitrogens with zero attached hydrogens (tertiary/aromatic N) is 1. The molecule has 34 heavy (non-hydrogen) atoms. The maximum absolute atomic E-state index is 12.5. The fraction of sp³-hybridized carbons (Fsp3) is 0.0741. The van der Waals surface area contributed by atoms with Crippen molar-refractivity contribution in [2.45, 2.75) is 13.5 Å². The van der Waals surface area contributed by atoms with Gasteiger partial charge in [0.25, 0.3) is 11.8 Å². The molecule has 1 heterocycles. The Morgan fingerprint density at radius 3 is 2.18 bits per heavy atom. The summed E-state index contributed by atoms with van der Waals surface area (Å²) in [6.07, 6.45) is 3.89. The van der Waals surface area contributed by atoms with Crippen molar-refractivity contribution in [1.29, 1.82) is 0 Å². The van der Waals surface area contributed by atoms with E-state index in [1.54, 1.807) is 42.5 Å². The zero-order valence-corrected chi connectivity index (χ0v) is 18.5. The molecule has 170 valence electrons. The van der Waals surface area contributed by atoms with Gasteiger partial charge in [-0.3, -0.25) is 14.4 Å². The summed E-state index contributed by atoms with van der Waals surface area (Å²) in [5.41, 5.74) is 3.44. The van der Waals surface area contributed by atoms with Crippen LogP contribution in [0, 0.1) is 0 Å². The predicted octanol–water partition coefficient (Wildman–Crippen LogP) is 4.58. The van der Waals surface area contributed by atoms with E-state index in [0.717, 1.165) is 11.3 Å². The number of rotatable bonds is 7. The third kappa shape index (κ3) is 5.77. The minimum absolute atomic E-state index is 0.163. The van der Waals surface area contributed by atoms with Gasteiger partial charge in [-0.2, -0.15) is 0 Å². The lowest BCUT2D eigenvalue weighted by molar-refractivity contribution is -0.131. The number of amides is 2. The van der Waals surface area contributed by atoms with Crippen molar-refractivity contribution in [2.24, 2.45) is 0 Å². The Morgan fingerprint density at radius 1 is 0.794 bits per heavy atom. The van der Waals surface area contributed by atoms with Gasteiger partial charge < -0.3 is 19.9 Å². The van der Waals surface area contributed by atoms with Crippen molar-refractivity contribution >= 4 is 23.5 Å². The number of hydrogen-bond acceptors (Lipinski definition) is 4. The van der Waals surface area contributed by atoms with Crippen molar-refractivity contribution in [3.05, 3.63) is 114 Å². The molecule has 3 aromatic carbocycles. The second-order valence-electron chi connectivity index (χ2n) is 7.59. The van der Waals surface area contributed by atoms with Gasteiger partial charge in [0.05, 0.1) is 0 Å². The van der Waals surface area contributed by atoms with Crippen LogP contribution in [0.1, 0.15) is 33.2 Å². The summed E-state index contributed by atoms with van der Waals surface area (Å²) in [4.78, 5) is 36.1. The molecular formula is C27H23N3O4. The van der Waals surface area contributed by atoms with Crippen LogP contribution in [0.15, 0.2) is 97.3 Å². The van der Waals surface area contributed by atoms with Gasteiger partial charge in [0, 0.05) is 48.4 Å². The molecule has 1 aromatic heterocycles. The standard InChI is InChI=1S/C27H23N3O4/c1-19(31)34-25-6-4-5-22(17-25)27(33)29-23-11-7-20(8-12-23)18-28-26(32)21-9-13-24(14-10-21)30-15-2-3-16-30/h2-17H,18H2,1H3,(H,28,32)(H,29,33). The van der Waals surface area contributed by atoms with Gasteiger partial charge in [0.2, 0.25) is 0 Å². The molecule has 4 rings (SSSR count). The van der Waals surface area contributed by atoms with Gasteiger partial charge in [-0.1, -0.05) is 18.2 Å². The molecule has 0 unspecified atom stereocenters. The van der Waals surface area contributed by atoms with Gasteiger partial charge in [-0.25, -0.2) is 0 Å². The van der Waals surface area contributed by atoms with Crippen LogP contribution in [-0.2, 0) is 11.3 Å². The quantitative estimate of drug-likeness (QED) is 0.317. The Kier molecular flexibility index (Phi) is 6.84. The molecule has 0 spiro atoms. The first-order valence-electron chi connectivity index (χ1n) is 10.7. The number of nitrogens with one attached hydrogen (secondary N) is 2. The molecule has 2 amide bonds. The predicted molar refractivity (Wildman–Crippen MR) is 129 cm³/mol. The first kappa shape index (κ1) is 22.5. The molecule has 7 heteroatoms. The fourth-order valence-electron chi connectivity index (χ4n) is 3.35. The zero-order valence-electron chi connectivity index (χ0n) is 18.5. The van der Waals surface area contributed by atoms with E-state index in [1.165, 1.54) is 13.0 Å². The monoisotopic (exact) mass is 453 g/mol. The maximum Gasteiger partial charge on any atom is 0.308 e. The van der Waals surface area contributed by atoms with E-state index in [0.29, 0.717) is 29.1 Å². The van der Waals surface area contributed by atoms with Crippen molar-refractivity contribution in [3.63, 3.8) is 0 Å². The minimum Gasteiger partial charge on any atom is -0.427 e. The fourth-order valence-corrected chi connectivity index (χ4v) is 3.35. The molecule has 0 bridgehead atoms. The summed E-state index contributed by atoms with van der Waals surface area (Å²) in [5.74, 6) is -0.623. The summed E-state index contributed by atoms with van der Waals surface area (Å²) in [7, 11) is 0. The lowest BCUT2D eigenvalue weighted by Gasteiger charge is -2.09. The maximum atomic E-state index is 12.5. The zero-order chi connectivity index (χ0) is 23.9. The molecule has 0 radical (unpaired) electrons. The normalized spacial score (nSPS) is 10.4. The van der Waals surface area contributed by atoms with Gasteiger partial charge in [-0.15, -0.1) is 0 Å². The second-order valence-corrected chi connectivity index (χ2v) is 7.59. The van der Waals surface area contributed by atoms with Crippen molar-refractivity contribution in [3.8, 4) is 11.4 Å². The van der Waals surface area contributed by atoms with E-state index in [1.807, 2.05) is 53.4 Å². The van der Waals surface area contributed by atoms with Crippen LogP contribution < -0.4 is 15.4 Å². The first-order valence-corrected chi connectivity index (χ1v) is 10.7. The lowest BCUT2D eigenvalue weighted by Crippen LogP contribution is -2.22. The molecule has 0 atom stereocenters. The van der Waals surface area contributed by atoms with Gasteiger partial charge in [0.1, 0.15) is 5.75 Å². The summed E-state index contributed by atoms with van der Waals surface area (Å²) < 4.78 is 6.99. The molecule has 0 aliphatic carbocycles. The van der Waals surface area contributed by atoms with Crippen LogP contribution in [0.4, 0.5) is 5.69 Å². The average molecular weight is 453 g/mol. The topological polar surface area (TPSA) is 89.4 Å². The molecule has 4 aromatic rings. The largest absolute Gasteiger partial charge is 0.427 e. The smallest absolute Gasteiger partial charge is 0.308 e. The number of esters is 1. The number of benzene rings is 3. The Morgan fingerprint density at radius 2 is 1.50 bits per heavy atom. The van der Waals surface area contributed by atoms with Gasteiger partial charge in [0.15, 0.2) is 0 Å². The van der Waals surface area contributed by atoms with Crippen molar-refractivity contribution < 1.29 is 19.1 Å². The Hall–Kier alpha value is -4.65. The van der Waals surface area contributed by atoms with Gasteiger partial charge in [-0.05, 0) is 72.3 Å². The van der Waals surface area contributed by atoms with Crippen LogP contribution in [0.3, 0.4) is 0 Å². The van der Waals surface area contributed by atoms with E-state index in [9.17, 15) is 14.4 Å². The number of ether oxygens (including phenoxy) is 1. The molecule has 7 nitrogen and oxygen atoms in total. The van der Waals surface area contributed by atoms with Crippen LogP contribution in [0.25, 0.3) is 5.69 Å². The lowest BCUT2D eigenvalue weighted by atomic mass is 10.1. The Labute approximate surface area is 197 Å². The molecule has 2 N–H and O–H groups in total. The van der Waals surface area contributed by atoms with E-state index >= 15 is 0 Å². The number of aromatic nitrogens is 1. The van der Waals surface area contributed by atoms with Crippen molar-refractivity contribution in [1.82, 2.24) is 9.88 Å². The SMILES string of the molecule is CC(=O)Oc1cccc(C(=O)Nc2ccc(CNC(=O)c3ccc(-n4cccc4)cc3)cc2)c1. The van der Waals surface area contributed by atoms with E-state index in [4.69, 9.17) is 4.74 Å². The summed E-state index contributed by atoms with van der Waals surface area (Å²) in [5, 5.41) is 5.71. The van der Waals surface area contributed by atoms with Crippen LogP contribution in [0.2, 0.25) is 0 Å². The highest BCUT2D eigenvalue weighted by atomic mass is 16.5. The molecule has 0 saturated carbocycles. The Balaban J connectivity index is 1.31. The number of carbonyl (C=O) groups is 3. The van der Waals surface area contributed by atoms with Crippen LogP contribution in [0.5, 0.6) is 5.75 Å². The van der Waals surface area contributed by atoms with E-state index in [2.05, 4.69) is 10.6 Å². The number of anilines is 1. The highest BCUT2D eigenvalue weighted by molar-refractivity contribution is 6.04. The summed E-state index contributed by atoms with van der Waals surface area (Å²) >= 11 is 0. The molecule has 0 aliphatic heterocycles. The van der Waals surface area contributed by atoms with E-state index < -0.39 is 5.97 Å². The molecule has 0 aliphatic rings. The third-order valence-electron chi connectivity index (χ3n) is 5.05. The second kappa shape index (κ2) is 10.3. The van der Waals surface area contributed by atoms with E-state index in [-0.39, 0.29) is 11.8 Å². The highest BCUT2D eigenvalue weighted by Gasteiger charge is 2.09. The summed E-state index contributed by atoms with van der Waals surface area (Å²) in [6.45, 7) is 1.66. The first-order chi connectivity index (χ1) is 16.5. The molecular weight excluding hydrogens is 430 g/mol. The Bertz CT molecular complexity index is 1290. The number of carbonyl (C=O) groups excluding carboxylic acids is 3. The van der Waals surface area contributed by atoms with Crippen LogP contribution in [-0.4, -0.2) is 22.4 Å². The third-order valence-corrected chi connectivity index (χ3v) is 5.05. The van der Waals surface area contributed by atoms with Crippen molar-refractivity contribution in [2.75, 3.05) is 5.32 Å².